The number of carboxylic acid groups (broad SMARTS) is 1. The minimum atomic E-state index is -5.08. The van der Waals surface area contributed by atoms with Crippen LogP contribution in [0.4, 0.5) is 13.2 Å². The molecule has 3 aromatic rings. The van der Waals surface area contributed by atoms with Gasteiger partial charge in [-0.05, 0) is 41.1 Å². The number of hydrogen-bond donors (Lipinski definition) is 2. The Kier molecular flexibility index (Phi) is 6.79. The van der Waals surface area contributed by atoms with E-state index in [0.717, 1.165) is 26.2 Å². The summed E-state index contributed by atoms with van der Waals surface area (Å²) in [5, 5.41) is 13.1. The quantitative estimate of drug-likeness (QED) is 0.655. The van der Waals surface area contributed by atoms with Crippen LogP contribution in [-0.4, -0.2) is 46.9 Å². The summed E-state index contributed by atoms with van der Waals surface area (Å²) in [6.07, 6.45) is -0.576. The minimum Gasteiger partial charge on any atom is -0.475 e. The molecular weight excluding hydrogens is 395 g/mol. The highest BCUT2D eigenvalue weighted by atomic mass is 19.4. The largest absolute Gasteiger partial charge is 0.490 e. The molecule has 2 aromatic carbocycles. The van der Waals surface area contributed by atoms with Crippen molar-refractivity contribution in [3.63, 3.8) is 0 Å². The Bertz CT molecular complexity index is 996. The van der Waals surface area contributed by atoms with Crippen LogP contribution in [0.1, 0.15) is 17.2 Å². The minimum absolute atomic E-state index is 0.648. The third-order valence-electron chi connectivity index (χ3n) is 4.92. The van der Waals surface area contributed by atoms with Crippen molar-refractivity contribution < 1.29 is 23.1 Å². The van der Waals surface area contributed by atoms with Crippen LogP contribution >= 0.6 is 0 Å². The Balaban J connectivity index is 0.000000318. The molecule has 1 aliphatic rings. The van der Waals surface area contributed by atoms with Gasteiger partial charge in [0, 0.05) is 38.6 Å². The fourth-order valence-electron chi connectivity index (χ4n) is 3.28. The predicted octanol–water partition coefficient (Wildman–Crippen LogP) is 4.05. The van der Waals surface area contributed by atoms with Crippen LogP contribution in [0.15, 0.2) is 60.9 Å². The van der Waals surface area contributed by atoms with Crippen molar-refractivity contribution in [2.24, 2.45) is 0 Å². The van der Waals surface area contributed by atoms with Crippen molar-refractivity contribution in [1.82, 2.24) is 14.8 Å². The highest BCUT2D eigenvalue weighted by molar-refractivity contribution is 5.82. The summed E-state index contributed by atoms with van der Waals surface area (Å²) in [7, 11) is 2.19. The van der Waals surface area contributed by atoms with Gasteiger partial charge in [0.25, 0.3) is 0 Å². The number of carboxylic acids is 1. The van der Waals surface area contributed by atoms with Gasteiger partial charge in [0.05, 0.1) is 6.04 Å². The summed E-state index contributed by atoms with van der Waals surface area (Å²) >= 11 is 0. The number of carbonyl (C=O) groups is 1. The Labute approximate surface area is 172 Å². The Morgan fingerprint density at radius 1 is 1.10 bits per heavy atom. The first-order valence-electron chi connectivity index (χ1n) is 9.56. The molecule has 0 unspecified atom stereocenters. The lowest BCUT2D eigenvalue weighted by Gasteiger charge is -2.28. The van der Waals surface area contributed by atoms with Crippen LogP contribution < -0.4 is 5.32 Å². The van der Waals surface area contributed by atoms with Gasteiger partial charge in [-0.1, -0.05) is 36.4 Å². The predicted molar refractivity (Wildman–Crippen MR) is 109 cm³/mol. The molecule has 4 rings (SSSR count). The van der Waals surface area contributed by atoms with Crippen LogP contribution in [0, 0.1) is 0 Å². The second-order valence-corrected chi connectivity index (χ2v) is 7.44. The molecule has 1 fully saturated rings. The zero-order chi connectivity index (χ0) is 21.7. The Morgan fingerprint density at radius 3 is 2.33 bits per heavy atom. The number of halogens is 3. The number of nitrogens with one attached hydrogen (secondary N) is 1. The van der Waals surface area contributed by atoms with Crippen LogP contribution in [0.25, 0.3) is 10.8 Å². The van der Waals surface area contributed by atoms with Gasteiger partial charge in [-0.2, -0.15) is 13.2 Å². The van der Waals surface area contributed by atoms with Gasteiger partial charge in [0.1, 0.15) is 0 Å². The monoisotopic (exact) mass is 419 g/mol. The van der Waals surface area contributed by atoms with Crippen molar-refractivity contribution >= 4 is 16.7 Å². The molecule has 1 saturated heterocycles. The van der Waals surface area contributed by atoms with Crippen molar-refractivity contribution in [3.05, 3.63) is 72.1 Å². The van der Waals surface area contributed by atoms with Crippen molar-refractivity contribution in [3.8, 4) is 0 Å². The third-order valence-corrected chi connectivity index (χ3v) is 4.92. The van der Waals surface area contributed by atoms with E-state index in [1.807, 2.05) is 0 Å². The molecule has 0 spiro atoms. The number of nitrogens with zero attached hydrogens (tertiary/aromatic N) is 2. The second kappa shape index (κ2) is 9.32. The SMILES string of the molecule is CN(Cc1ccc2ccccc2c1)Cc1ccn(C2CNC2)c1.O=C(O)C(F)(F)F. The number of benzene rings is 2. The lowest BCUT2D eigenvalue weighted by molar-refractivity contribution is -0.192. The lowest BCUT2D eigenvalue weighted by atomic mass is 10.1. The molecule has 0 saturated carbocycles. The third kappa shape index (κ3) is 5.84. The maximum Gasteiger partial charge on any atom is 0.490 e. The van der Waals surface area contributed by atoms with E-state index in [2.05, 4.69) is 82.8 Å². The highest BCUT2D eigenvalue weighted by Crippen LogP contribution is 2.18. The van der Waals surface area contributed by atoms with E-state index in [0.29, 0.717) is 6.04 Å². The van der Waals surface area contributed by atoms with Gasteiger partial charge in [-0.3, -0.25) is 4.90 Å². The molecule has 2 N–H and O–H groups in total. The lowest BCUT2D eigenvalue weighted by Crippen LogP contribution is -2.42. The van der Waals surface area contributed by atoms with E-state index in [-0.39, 0.29) is 0 Å². The van der Waals surface area contributed by atoms with Gasteiger partial charge in [-0.15, -0.1) is 0 Å². The van der Waals surface area contributed by atoms with Crippen LogP contribution in [-0.2, 0) is 17.9 Å². The molecular formula is C22H24F3N3O2. The average molecular weight is 419 g/mol. The summed E-state index contributed by atoms with van der Waals surface area (Å²) in [4.78, 5) is 11.3. The van der Waals surface area contributed by atoms with Gasteiger partial charge in [0.15, 0.2) is 0 Å². The molecule has 0 atom stereocenters. The smallest absolute Gasteiger partial charge is 0.475 e. The number of hydrogen-bond acceptors (Lipinski definition) is 3. The second-order valence-electron chi connectivity index (χ2n) is 7.44. The van der Waals surface area contributed by atoms with Gasteiger partial charge in [0.2, 0.25) is 0 Å². The Morgan fingerprint density at radius 2 is 1.73 bits per heavy atom. The number of rotatable bonds is 5. The Hall–Kier alpha value is -2.84. The summed E-state index contributed by atoms with van der Waals surface area (Å²) in [5.74, 6) is -2.76. The van der Waals surface area contributed by atoms with Crippen LogP contribution in [0.2, 0.25) is 0 Å². The average Bonchev–Trinajstić information content (AvgIpc) is 3.07. The molecule has 0 bridgehead atoms. The van der Waals surface area contributed by atoms with Crippen molar-refractivity contribution in [2.75, 3.05) is 20.1 Å². The molecule has 30 heavy (non-hydrogen) atoms. The van der Waals surface area contributed by atoms with Gasteiger partial charge < -0.3 is 15.0 Å². The first kappa shape index (κ1) is 21.9. The molecule has 1 aliphatic heterocycles. The van der Waals surface area contributed by atoms with E-state index in [1.165, 1.54) is 21.9 Å². The summed E-state index contributed by atoms with van der Waals surface area (Å²) in [6.45, 7) is 4.16. The molecule has 0 amide bonds. The number of aliphatic carboxylic acids is 1. The normalized spacial score (nSPS) is 14.3. The van der Waals surface area contributed by atoms with Crippen molar-refractivity contribution in [1.29, 1.82) is 0 Å². The molecule has 160 valence electrons. The van der Waals surface area contributed by atoms with E-state index in [9.17, 15) is 13.2 Å². The highest BCUT2D eigenvalue weighted by Gasteiger charge is 2.38. The summed E-state index contributed by atoms with van der Waals surface area (Å²) in [6, 6.07) is 18.2. The van der Waals surface area contributed by atoms with E-state index in [1.54, 1.807) is 0 Å². The van der Waals surface area contributed by atoms with Gasteiger partial charge in [-0.25, -0.2) is 4.79 Å². The van der Waals surface area contributed by atoms with Crippen LogP contribution in [0.5, 0.6) is 0 Å². The van der Waals surface area contributed by atoms with E-state index < -0.39 is 12.1 Å². The molecule has 8 heteroatoms. The van der Waals surface area contributed by atoms with E-state index in [4.69, 9.17) is 9.90 Å². The van der Waals surface area contributed by atoms with Crippen molar-refractivity contribution in [2.45, 2.75) is 25.3 Å². The zero-order valence-corrected chi connectivity index (χ0v) is 16.6. The standard InChI is InChI=1S/C20H23N3.C2HF3O2/c1-22(14-17-8-9-23(15-17)20-11-21-12-20)13-16-6-7-18-4-2-3-5-19(18)10-16;3-2(4,5)1(6)7/h2-10,15,20-21H,11-14H2,1H3;(H,6,7). The molecule has 1 aromatic heterocycles. The maximum absolute atomic E-state index is 10.6. The fourth-order valence-corrected chi connectivity index (χ4v) is 3.28. The number of fused-ring (bicyclic) bond motifs is 1. The van der Waals surface area contributed by atoms with Gasteiger partial charge >= 0.3 is 12.1 Å². The first-order chi connectivity index (χ1) is 14.2. The topological polar surface area (TPSA) is 57.5 Å². The first-order valence-corrected chi connectivity index (χ1v) is 9.56. The fraction of sp³-hybridized carbons (Fsp3) is 0.318. The summed E-state index contributed by atoms with van der Waals surface area (Å²) < 4.78 is 34.1. The number of alkyl halides is 3. The summed E-state index contributed by atoms with van der Waals surface area (Å²) in [5.41, 5.74) is 2.76. The zero-order valence-electron chi connectivity index (χ0n) is 16.6. The molecule has 0 aliphatic carbocycles. The van der Waals surface area contributed by atoms with E-state index >= 15 is 0 Å². The number of aromatic nitrogens is 1. The molecule has 2 heterocycles. The van der Waals surface area contributed by atoms with Crippen LogP contribution in [0.3, 0.4) is 0 Å². The maximum atomic E-state index is 10.6. The molecule has 5 nitrogen and oxygen atoms in total. The molecule has 0 radical (unpaired) electrons.